The predicted molar refractivity (Wildman–Crippen MR) is 134 cm³/mol. The lowest BCUT2D eigenvalue weighted by atomic mass is 9.85. The Morgan fingerprint density at radius 2 is 1.90 bits per heavy atom. The van der Waals surface area contributed by atoms with Crippen molar-refractivity contribution in [2.24, 2.45) is 28.7 Å². The zero-order chi connectivity index (χ0) is 21.1. The van der Waals surface area contributed by atoms with E-state index in [1.54, 1.807) is 11.3 Å². The van der Waals surface area contributed by atoms with Gasteiger partial charge in [-0.05, 0) is 38.0 Å². The fourth-order valence-corrected chi connectivity index (χ4v) is 5.66. The van der Waals surface area contributed by atoms with Crippen molar-refractivity contribution in [2.45, 2.75) is 39.5 Å². The van der Waals surface area contributed by atoms with Gasteiger partial charge in [-0.2, -0.15) is 0 Å². The van der Waals surface area contributed by atoms with E-state index in [4.69, 9.17) is 0 Å². The smallest absolute Gasteiger partial charge is 0.233 e. The van der Waals surface area contributed by atoms with Crippen molar-refractivity contribution in [1.82, 2.24) is 20.5 Å². The molecule has 1 aromatic rings. The molecule has 9 heteroatoms. The van der Waals surface area contributed by atoms with E-state index < -0.39 is 0 Å². The summed E-state index contributed by atoms with van der Waals surface area (Å²) in [6, 6.07) is 0. The minimum Gasteiger partial charge on any atom is -0.357 e. The van der Waals surface area contributed by atoms with Crippen LogP contribution in [0.2, 0.25) is 0 Å². The number of rotatable bonds is 9. The molecule has 4 unspecified atom stereocenters. The summed E-state index contributed by atoms with van der Waals surface area (Å²) < 4.78 is 0. The van der Waals surface area contributed by atoms with Gasteiger partial charge in [-0.15, -0.1) is 35.3 Å². The van der Waals surface area contributed by atoms with Gasteiger partial charge in [0.15, 0.2) is 5.96 Å². The second kappa shape index (κ2) is 10.9. The monoisotopic (exact) mass is 557 g/mol. The summed E-state index contributed by atoms with van der Waals surface area (Å²) in [7, 11) is 0. The van der Waals surface area contributed by atoms with Crippen LogP contribution in [0.4, 0.5) is 0 Å². The molecular weight excluding hydrogens is 525 g/mol. The van der Waals surface area contributed by atoms with E-state index >= 15 is 0 Å². The average Bonchev–Trinajstić information content (AvgIpc) is 3.51. The standard InChI is InChI=1S/C22H31N5O2S.HI/c1-3-17-26-16(13-30-17)8-10-25-22(23-4-2)24-9-5-11-27-20(28)18-14-6-7-15(12-14)19(18)21(27)29;/h6-7,13-15,18-19H,3-5,8-12H2,1-2H3,(H2,23,24,25);1H. The summed E-state index contributed by atoms with van der Waals surface area (Å²) >= 11 is 1.71. The van der Waals surface area contributed by atoms with Crippen molar-refractivity contribution in [3.8, 4) is 0 Å². The van der Waals surface area contributed by atoms with E-state index in [2.05, 4.69) is 45.1 Å². The highest BCUT2D eigenvalue weighted by atomic mass is 127. The zero-order valence-electron chi connectivity index (χ0n) is 18.2. The first-order chi connectivity index (χ1) is 14.6. The summed E-state index contributed by atoms with van der Waals surface area (Å²) in [5.74, 6) is 1.17. The number of fused-ring (bicyclic) bond motifs is 5. The quantitative estimate of drug-likeness (QED) is 0.122. The van der Waals surface area contributed by atoms with Crippen molar-refractivity contribution in [2.75, 3.05) is 26.2 Å². The Labute approximate surface area is 205 Å². The Morgan fingerprint density at radius 3 is 2.52 bits per heavy atom. The lowest BCUT2D eigenvalue weighted by Crippen LogP contribution is -2.38. The molecule has 2 N–H and O–H groups in total. The number of guanidine groups is 1. The third-order valence-corrected chi connectivity index (χ3v) is 7.33. The van der Waals surface area contributed by atoms with Crippen LogP contribution in [0.25, 0.3) is 0 Å². The number of allylic oxidation sites excluding steroid dienone is 2. The second-order valence-electron chi connectivity index (χ2n) is 8.21. The number of likely N-dealkylation sites (tertiary alicyclic amines) is 1. The average molecular weight is 558 g/mol. The van der Waals surface area contributed by atoms with Gasteiger partial charge in [-0.25, -0.2) is 4.98 Å². The lowest BCUT2D eigenvalue weighted by Gasteiger charge is -2.17. The van der Waals surface area contributed by atoms with E-state index in [1.165, 1.54) is 9.91 Å². The fraction of sp³-hybridized carbons (Fsp3) is 0.636. The number of halogens is 1. The van der Waals surface area contributed by atoms with E-state index in [0.29, 0.717) is 19.5 Å². The number of aryl methyl sites for hydroxylation is 1. The molecule has 2 heterocycles. The molecular formula is C22H32IN5O2S. The van der Waals surface area contributed by atoms with Crippen LogP contribution in [-0.2, 0) is 22.4 Å². The number of aromatic nitrogens is 1. The number of amides is 2. The summed E-state index contributed by atoms with van der Waals surface area (Å²) in [5.41, 5.74) is 1.11. The van der Waals surface area contributed by atoms with Crippen LogP contribution in [0.15, 0.2) is 22.5 Å². The molecule has 3 aliphatic rings. The third-order valence-electron chi connectivity index (χ3n) is 6.29. The summed E-state index contributed by atoms with van der Waals surface area (Å²) in [6.07, 6.45) is 7.76. The van der Waals surface area contributed by atoms with Crippen molar-refractivity contribution in [3.05, 3.63) is 28.2 Å². The molecule has 170 valence electrons. The molecule has 2 bridgehead atoms. The molecule has 1 saturated heterocycles. The van der Waals surface area contributed by atoms with Gasteiger partial charge in [0, 0.05) is 38.0 Å². The number of carbonyl (C=O) groups is 2. The van der Waals surface area contributed by atoms with Gasteiger partial charge >= 0.3 is 0 Å². The number of nitrogens with zero attached hydrogens (tertiary/aromatic N) is 3. The molecule has 2 fully saturated rings. The third kappa shape index (κ3) is 5.13. The van der Waals surface area contributed by atoms with Gasteiger partial charge in [0.25, 0.3) is 0 Å². The number of thiazole rings is 1. The minimum absolute atomic E-state index is 0. The molecule has 0 radical (unpaired) electrons. The Kier molecular flexibility index (Phi) is 8.49. The van der Waals surface area contributed by atoms with Crippen molar-refractivity contribution >= 4 is 53.1 Å². The van der Waals surface area contributed by atoms with E-state index in [1.807, 2.05) is 6.92 Å². The highest BCUT2D eigenvalue weighted by Gasteiger charge is 2.58. The highest BCUT2D eigenvalue weighted by Crippen LogP contribution is 2.52. The van der Waals surface area contributed by atoms with Gasteiger partial charge in [0.2, 0.25) is 11.8 Å². The van der Waals surface area contributed by atoms with E-state index in [0.717, 1.165) is 44.0 Å². The predicted octanol–water partition coefficient (Wildman–Crippen LogP) is 2.62. The molecule has 4 rings (SSSR count). The molecule has 31 heavy (non-hydrogen) atoms. The van der Waals surface area contributed by atoms with Crippen molar-refractivity contribution in [3.63, 3.8) is 0 Å². The number of hydrogen-bond donors (Lipinski definition) is 2. The molecule has 4 atom stereocenters. The van der Waals surface area contributed by atoms with Crippen LogP contribution in [0.1, 0.15) is 37.4 Å². The molecule has 0 spiro atoms. The van der Waals surface area contributed by atoms with Crippen LogP contribution in [0.5, 0.6) is 0 Å². The normalized spacial score (nSPS) is 26.4. The summed E-state index contributed by atoms with van der Waals surface area (Å²) in [6.45, 7) is 6.74. The second-order valence-corrected chi connectivity index (χ2v) is 9.15. The molecule has 2 amide bonds. The number of imide groups is 1. The van der Waals surface area contributed by atoms with Crippen LogP contribution >= 0.6 is 35.3 Å². The molecule has 7 nitrogen and oxygen atoms in total. The zero-order valence-corrected chi connectivity index (χ0v) is 21.3. The maximum Gasteiger partial charge on any atom is 0.233 e. The topological polar surface area (TPSA) is 86.7 Å². The van der Waals surface area contributed by atoms with Crippen LogP contribution < -0.4 is 10.6 Å². The van der Waals surface area contributed by atoms with Crippen molar-refractivity contribution in [1.29, 1.82) is 0 Å². The lowest BCUT2D eigenvalue weighted by molar-refractivity contribution is -0.140. The first-order valence-corrected chi connectivity index (χ1v) is 12.0. The SMILES string of the molecule is CCNC(=NCCCN1C(=O)C2C3C=CC(C3)C2C1=O)NCCc1csc(CC)n1.I. The summed E-state index contributed by atoms with van der Waals surface area (Å²) in [5, 5.41) is 9.88. The maximum atomic E-state index is 12.7. The minimum atomic E-state index is -0.103. The Morgan fingerprint density at radius 1 is 1.19 bits per heavy atom. The first kappa shape index (κ1) is 24.2. The number of hydrogen-bond acceptors (Lipinski definition) is 5. The number of carbonyl (C=O) groups excluding carboxylic acids is 2. The van der Waals surface area contributed by atoms with Crippen LogP contribution in [-0.4, -0.2) is 53.8 Å². The fourth-order valence-electron chi connectivity index (χ4n) is 4.88. The Bertz CT molecular complexity index is 825. The van der Waals surface area contributed by atoms with E-state index in [-0.39, 0.29) is 59.5 Å². The Balaban J connectivity index is 0.00000272. The van der Waals surface area contributed by atoms with E-state index in [9.17, 15) is 9.59 Å². The largest absolute Gasteiger partial charge is 0.357 e. The molecule has 2 aliphatic carbocycles. The van der Waals surface area contributed by atoms with Gasteiger partial charge in [-0.1, -0.05) is 19.1 Å². The Hall–Kier alpha value is -1.49. The van der Waals surface area contributed by atoms with Gasteiger partial charge < -0.3 is 10.6 Å². The van der Waals surface area contributed by atoms with Crippen LogP contribution in [0, 0.1) is 23.7 Å². The maximum absolute atomic E-state index is 12.7. The summed E-state index contributed by atoms with van der Waals surface area (Å²) in [4.78, 5) is 36.1. The van der Waals surface area contributed by atoms with Gasteiger partial charge in [0.05, 0.1) is 22.5 Å². The highest BCUT2D eigenvalue weighted by molar-refractivity contribution is 14.0. The number of nitrogens with one attached hydrogen (secondary N) is 2. The first-order valence-electron chi connectivity index (χ1n) is 11.1. The molecule has 0 aromatic carbocycles. The number of aliphatic imine (C=N–C) groups is 1. The van der Waals surface area contributed by atoms with Crippen LogP contribution in [0.3, 0.4) is 0 Å². The molecule has 1 aliphatic heterocycles. The van der Waals surface area contributed by atoms with Crippen molar-refractivity contribution < 1.29 is 9.59 Å². The molecule has 1 saturated carbocycles. The molecule has 1 aromatic heterocycles. The van der Waals surface area contributed by atoms with Gasteiger partial charge in [0.1, 0.15) is 0 Å². The van der Waals surface area contributed by atoms with Gasteiger partial charge in [-0.3, -0.25) is 19.5 Å².